The third-order valence-electron chi connectivity index (χ3n) is 3.75. The fraction of sp³-hybridized carbons (Fsp3) is 0.389. The maximum absolute atomic E-state index is 12.6. The van der Waals surface area contributed by atoms with Crippen LogP contribution >= 0.6 is 11.3 Å². The molecule has 2 amide bonds. The summed E-state index contributed by atoms with van der Waals surface area (Å²) in [6.45, 7) is 4.98. The van der Waals surface area contributed by atoms with E-state index < -0.39 is 17.8 Å². The fourth-order valence-electron chi connectivity index (χ4n) is 2.40. The Morgan fingerprint density at radius 2 is 1.81 bits per heavy atom. The molecule has 9 heteroatoms. The molecule has 0 aliphatic rings. The maximum atomic E-state index is 12.6. The van der Waals surface area contributed by atoms with Crippen molar-refractivity contribution in [1.29, 1.82) is 0 Å². The van der Waals surface area contributed by atoms with Gasteiger partial charge in [0.15, 0.2) is 5.13 Å². The van der Waals surface area contributed by atoms with Crippen LogP contribution in [0.4, 0.5) is 18.3 Å². The molecule has 146 valence electrons. The van der Waals surface area contributed by atoms with Gasteiger partial charge in [-0.3, -0.25) is 9.59 Å². The second kappa shape index (κ2) is 8.51. The highest BCUT2D eigenvalue weighted by molar-refractivity contribution is 7.15. The van der Waals surface area contributed by atoms with E-state index in [1.54, 1.807) is 6.20 Å². The zero-order chi connectivity index (χ0) is 20.2. The van der Waals surface area contributed by atoms with Gasteiger partial charge in [0.25, 0.3) is 0 Å². The van der Waals surface area contributed by atoms with Crippen LogP contribution in [0.15, 0.2) is 30.5 Å². The Bertz CT molecular complexity index is 801. The molecule has 0 radical (unpaired) electrons. The monoisotopic (exact) mass is 399 g/mol. The normalized spacial score (nSPS) is 12.7. The zero-order valence-corrected chi connectivity index (χ0v) is 15.9. The molecule has 1 aromatic heterocycles. The number of halogens is 3. The average Bonchev–Trinajstić information content (AvgIpc) is 2.98. The molecule has 0 saturated carbocycles. The highest BCUT2D eigenvalue weighted by Gasteiger charge is 2.30. The van der Waals surface area contributed by atoms with Gasteiger partial charge in [0.05, 0.1) is 5.56 Å². The summed E-state index contributed by atoms with van der Waals surface area (Å²) in [5.41, 5.74) is 0.0176. The summed E-state index contributed by atoms with van der Waals surface area (Å²) in [5.74, 6) is -0.762. The van der Waals surface area contributed by atoms with Crippen molar-refractivity contribution in [3.05, 3.63) is 46.5 Å². The lowest BCUT2D eigenvalue weighted by Crippen LogP contribution is -2.46. The Morgan fingerprint density at radius 1 is 1.19 bits per heavy atom. The van der Waals surface area contributed by atoms with Crippen molar-refractivity contribution >= 4 is 28.3 Å². The van der Waals surface area contributed by atoms with Gasteiger partial charge in [-0.15, -0.1) is 11.3 Å². The topological polar surface area (TPSA) is 71.1 Å². The first-order valence-corrected chi connectivity index (χ1v) is 9.06. The molecule has 2 rings (SSSR count). The van der Waals surface area contributed by atoms with Crippen LogP contribution in [0.3, 0.4) is 0 Å². The molecular weight excluding hydrogens is 379 g/mol. The van der Waals surface area contributed by atoms with E-state index in [9.17, 15) is 22.8 Å². The van der Waals surface area contributed by atoms with Crippen molar-refractivity contribution in [2.45, 2.75) is 39.4 Å². The van der Waals surface area contributed by atoms with Crippen LogP contribution in [0.25, 0.3) is 0 Å². The first kappa shape index (κ1) is 20.9. The summed E-state index contributed by atoms with van der Waals surface area (Å²) in [5, 5.41) is 5.64. The SMILES string of the molecule is CC(=O)N[C@H](C(=O)Nc1ncc(Cc2ccc(C(F)(F)F)cc2)s1)C(C)C. The summed E-state index contributed by atoms with van der Waals surface area (Å²) in [4.78, 5) is 28.5. The molecule has 0 unspecified atom stereocenters. The van der Waals surface area contributed by atoms with Crippen LogP contribution in [0.5, 0.6) is 0 Å². The number of hydrogen-bond donors (Lipinski definition) is 2. The number of hydrogen-bond acceptors (Lipinski definition) is 4. The molecular formula is C18H20F3N3O2S. The van der Waals surface area contributed by atoms with Crippen molar-refractivity contribution in [3.8, 4) is 0 Å². The van der Waals surface area contributed by atoms with Crippen LogP contribution in [-0.2, 0) is 22.2 Å². The van der Waals surface area contributed by atoms with Crippen LogP contribution < -0.4 is 10.6 Å². The third-order valence-corrected chi connectivity index (χ3v) is 4.66. The number of aromatic nitrogens is 1. The van der Waals surface area contributed by atoms with Crippen LogP contribution in [0.2, 0.25) is 0 Å². The number of carbonyl (C=O) groups excluding carboxylic acids is 2. The average molecular weight is 399 g/mol. The Kier molecular flexibility index (Phi) is 6.59. The predicted octanol–water partition coefficient (Wildman–Crippen LogP) is 3.85. The Balaban J connectivity index is 2.02. The number of anilines is 1. The quantitative estimate of drug-likeness (QED) is 0.775. The standard InChI is InChI=1S/C18H20F3N3O2S/c1-10(2)15(23-11(3)25)16(26)24-17-22-9-14(27-17)8-12-4-6-13(7-5-12)18(19,20)21/h4-7,9-10,15H,8H2,1-3H3,(H,23,25)(H,22,24,26)/t15-/m0/s1. The molecule has 0 spiro atoms. The Morgan fingerprint density at radius 3 is 2.33 bits per heavy atom. The smallest absolute Gasteiger partial charge is 0.344 e. The van der Waals surface area contributed by atoms with Gasteiger partial charge in [-0.05, 0) is 23.6 Å². The van der Waals surface area contributed by atoms with Crippen molar-refractivity contribution in [2.24, 2.45) is 5.92 Å². The molecule has 5 nitrogen and oxygen atoms in total. The van der Waals surface area contributed by atoms with E-state index in [1.165, 1.54) is 30.4 Å². The number of rotatable bonds is 6. The summed E-state index contributed by atoms with van der Waals surface area (Å²) < 4.78 is 37.8. The van der Waals surface area contributed by atoms with Crippen molar-refractivity contribution in [1.82, 2.24) is 10.3 Å². The van der Waals surface area contributed by atoms with Gasteiger partial charge in [-0.25, -0.2) is 4.98 Å². The summed E-state index contributed by atoms with van der Waals surface area (Å²) in [6.07, 6.45) is -2.38. The Hall–Kier alpha value is -2.42. The summed E-state index contributed by atoms with van der Waals surface area (Å²) >= 11 is 1.24. The van der Waals surface area contributed by atoms with Crippen molar-refractivity contribution in [3.63, 3.8) is 0 Å². The van der Waals surface area contributed by atoms with Crippen LogP contribution in [0.1, 0.15) is 36.8 Å². The van der Waals surface area contributed by atoms with Gasteiger partial charge < -0.3 is 10.6 Å². The van der Waals surface area contributed by atoms with E-state index in [-0.39, 0.29) is 17.7 Å². The number of carbonyl (C=O) groups is 2. The molecule has 1 heterocycles. The minimum absolute atomic E-state index is 0.0968. The maximum Gasteiger partial charge on any atom is 0.416 e. The molecule has 0 aliphatic carbocycles. The number of amides is 2. The number of nitrogens with zero attached hydrogens (tertiary/aromatic N) is 1. The molecule has 0 fully saturated rings. The molecule has 0 bridgehead atoms. The molecule has 0 aliphatic heterocycles. The predicted molar refractivity (Wildman–Crippen MR) is 97.4 cm³/mol. The molecule has 0 saturated heterocycles. The third kappa shape index (κ3) is 6.06. The van der Waals surface area contributed by atoms with Crippen molar-refractivity contribution in [2.75, 3.05) is 5.32 Å². The fourth-order valence-corrected chi connectivity index (χ4v) is 3.25. The van der Waals surface area contributed by atoms with Crippen LogP contribution in [-0.4, -0.2) is 22.8 Å². The van der Waals surface area contributed by atoms with Gasteiger partial charge in [0, 0.05) is 24.4 Å². The lowest BCUT2D eigenvalue weighted by atomic mass is 10.0. The number of thiazole rings is 1. The Labute approximate surface area is 159 Å². The van der Waals surface area contributed by atoms with E-state index in [0.29, 0.717) is 17.1 Å². The number of alkyl halides is 3. The second-order valence-corrected chi connectivity index (χ2v) is 7.53. The van der Waals surface area contributed by atoms with Gasteiger partial charge in [0.1, 0.15) is 6.04 Å². The molecule has 27 heavy (non-hydrogen) atoms. The van der Waals surface area contributed by atoms with Gasteiger partial charge in [0.2, 0.25) is 11.8 Å². The lowest BCUT2D eigenvalue weighted by Gasteiger charge is -2.20. The minimum atomic E-state index is -4.36. The van der Waals surface area contributed by atoms with Crippen molar-refractivity contribution < 1.29 is 22.8 Å². The molecule has 1 atom stereocenters. The highest BCUT2D eigenvalue weighted by atomic mass is 32.1. The van der Waals surface area contributed by atoms with E-state index in [0.717, 1.165) is 17.0 Å². The highest BCUT2D eigenvalue weighted by Crippen LogP contribution is 2.30. The number of nitrogens with one attached hydrogen (secondary N) is 2. The van der Waals surface area contributed by atoms with Gasteiger partial charge >= 0.3 is 6.18 Å². The van der Waals surface area contributed by atoms with E-state index >= 15 is 0 Å². The first-order valence-electron chi connectivity index (χ1n) is 8.25. The van der Waals surface area contributed by atoms with Crippen LogP contribution in [0, 0.1) is 5.92 Å². The molecule has 2 aromatic rings. The zero-order valence-electron chi connectivity index (χ0n) is 15.1. The van der Waals surface area contributed by atoms with Gasteiger partial charge in [-0.2, -0.15) is 13.2 Å². The molecule has 1 aromatic carbocycles. The molecule has 2 N–H and O–H groups in total. The summed E-state index contributed by atoms with van der Waals surface area (Å²) in [6, 6.07) is 4.25. The second-order valence-electron chi connectivity index (χ2n) is 6.41. The lowest BCUT2D eigenvalue weighted by molar-refractivity contribution is -0.137. The number of benzene rings is 1. The first-order chi connectivity index (χ1) is 12.6. The van der Waals surface area contributed by atoms with E-state index in [4.69, 9.17) is 0 Å². The van der Waals surface area contributed by atoms with E-state index in [2.05, 4.69) is 15.6 Å². The minimum Gasteiger partial charge on any atom is -0.344 e. The summed E-state index contributed by atoms with van der Waals surface area (Å²) in [7, 11) is 0. The van der Waals surface area contributed by atoms with E-state index in [1.807, 2.05) is 13.8 Å². The van der Waals surface area contributed by atoms with Gasteiger partial charge in [-0.1, -0.05) is 26.0 Å². The largest absolute Gasteiger partial charge is 0.416 e.